The van der Waals surface area contributed by atoms with Gasteiger partial charge in [-0.25, -0.2) is 4.79 Å². The number of hydrogen-bond donors (Lipinski definition) is 0. The van der Waals surface area contributed by atoms with Gasteiger partial charge in [-0.3, -0.25) is 4.79 Å². The van der Waals surface area contributed by atoms with E-state index in [1.54, 1.807) is 13.0 Å². The SMILES string of the molecule is COC(=O)[C@H]1CCCCN1C(=O)COc1cc(C)on1. The van der Waals surface area contributed by atoms with Gasteiger partial charge in [-0.1, -0.05) is 0 Å². The lowest BCUT2D eigenvalue weighted by Crippen LogP contribution is -2.50. The number of piperidine rings is 1. The lowest BCUT2D eigenvalue weighted by atomic mass is 10.0. The number of carbonyl (C=O) groups is 2. The van der Waals surface area contributed by atoms with E-state index in [1.165, 1.54) is 12.0 Å². The molecule has 1 atom stereocenters. The van der Waals surface area contributed by atoms with Crippen LogP contribution in [0.1, 0.15) is 25.0 Å². The normalized spacial score (nSPS) is 18.7. The Bertz CT molecular complexity index is 485. The minimum atomic E-state index is -0.510. The first kappa shape index (κ1) is 14.4. The first-order valence-electron chi connectivity index (χ1n) is 6.55. The Balaban J connectivity index is 1.93. The molecular formula is C13H18N2O5. The third kappa shape index (κ3) is 3.28. The smallest absolute Gasteiger partial charge is 0.328 e. The van der Waals surface area contributed by atoms with E-state index in [0.717, 1.165) is 12.8 Å². The van der Waals surface area contributed by atoms with Crippen LogP contribution in [-0.4, -0.2) is 48.2 Å². The largest absolute Gasteiger partial charge is 0.467 e. The Morgan fingerprint density at radius 1 is 1.50 bits per heavy atom. The second-order valence-corrected chi connectivity index (χ2v) is 4.69. The van der Waals surface area contributed by atoms with Crippen LogP contribution in [0.15, 0.2) is 10.6 Å². The number of aromatic nitrogens is 1. The van der Waals surface area contributed by atoms with Crippen molar-refractivity contribution in [3.63, 3.8) is 0 Å². The maximum Gasteiger partial charge on any atom is 0.328 e. The van der Waals surface area contributed by atoms with Crippen molar-refractivity contribution < 1.29 is 23.6 Å². The van der Waals surface area contributed by atoms with Gasteiger partial charge in [0.15, 0.2) is 6.61 Å². The van der Waals surface area contributed by atoms with Crippen molar-refractivity contribution in [3.8, 4) is 5.88 Å². The Labute approximate surface area is 116 Å². The van der Waals surface area contributed by atoms with Gasteiger partial charge in [0.2, 0.25) is 0 Å². The third-order valence-electron chi connectivity index (χ3n) is 3.25. The van der Waals surface area contributed by atoms with Crippen LogP contribution in [0, 0.1) is 6.92 Å². The molecule has 1 fully saturated rings. The second-order valence-electron chi connectivity index (χ2n) is 4.69. The van der Waals surface area contributed by atoms with Crippen molar-refractivity contribution >= 4 is 11.9 Å². The fourth-order valence-electron chi connectivity index (χ4n) is 2.24. The van der Waals surface area contributed by atoms with Crippen LogP contribution in [0.2, 0.25) is 0 Å². The predicted octanol–water partition coefficient (Wildman–Crippen LogP) is 0.916. The van der Waals surface area contributed by atoms with Gasteiger partial charge in [0.05, 0.1) is 7.11 Å². The van der Waals surface area contributed by atoms with Gasteiger partial charge >= 0.3 is 5.97 Å². The zero-order valence-corrected chi connectivity index (χ0v) is 11.6. The summed E-state index contributed by atoms with van der Waals surface area (Å²) in [6, 6.07) is 1.09. The van der Waals surface area contributed by atoms with E-state index in [1.807, 2.05) is 0 Å². The zero-order valence-electron chi connectivity index (χ0n) is 11.6. The van der Waals surface area contributed by atoms with E-state index in [9.17, 15) is 9.59 Å². The summed E-state index contributed by atoms with van der Waals surface area (Å²) in [5, 5.41) is 3.64. The predicted molar refractivity (Wildman–Crippen MR) is 68.1 cm³/mol. The van der Waals surface area contributed by atoms with E-state index < -0.39 is 6.04 Å². The molecule has 110 valence electrons. The molecular weight excluding hydrogens is 264 g/mol. The quantitative estimate of drug-likeness (QED) is 0.764. The van der Waals surface area contributed by atoms with Crippen molar-refractivity contribution in [2.45, 2.75) is 32.2 Å². The van der Waals surface area contributed by atoms with Crippen LogP contribution < -0.4 is 4.74 Å². The zero-order chi connectivity index (χ0) is 14.5. The van der Waals surface area contributed by atoms with Crippen LogP contribution in [0.3, 0.4) is 0 Å². The summed E-state index contributed by atoms with van der Waals surface area (Å²) in [7, 11) is 1.33. The highest BCUT2D eigenvalue weighted by atomic mass is 16.5. The average molecular weight is 282 g/mol. The number of methoxy groups -OCH3 is 1. The van der Waals surface area contributed by atoms with Crippen molar-refractivity contribution in [3.05, 3.63) is 11.8 Å². The average Bonchev–Trinajstić information content (AvgIpc) is 2.89. The molecule has 0 spiro atoms. The molecule has 0 unspecified atom stereocenters. The first-order chi connectivity index (χ1) is 9.61. The topological polar surface area (TPSA) is 81.9 Å². The molecule has 2 heterocycles. The molecule has 7 nitrogen and oxygen atoms in total. The molecule has 1 aromatic rings. The Morgan fingerprint density at radius 2 is 2.30 bits per heavy atom. The van der Waals surface area contributed by atoms with Gasteiger partial charge in [0.1, 0.15) is 11.8 Å². The summed E-state index contributed by atoms with van der Waals surface area (Å²) in [6.07, 6.45) is 2.41. The Morgan fingerprint density at radius 3 is 2.95 bits per heavy atom. The molecule has 0 aliphatic carbocycles. The summed E-state index contributed by atoms with van der Waals surface area (Å²) in [5.74, 6) is 0.247. The van der Waals surface area contributed by atoms with Crippen molar-refractivity contribution in [2.24, 2.45) is 0 Å². The fraction of sp³-hybridized carbons (Fsp3) is 0.615. The molecule has 1 aliphatic rings. The summed E-state index contributed by atoms with van der Waals surface area (Å²) in [6.45, 7) is 2.11. The minimum absolute atomic E-state index is 0.167. The van der Waals surface area contributed by atoms with E-state index >= 15 is 0 Å². The number of ether oxygens (including phenoxy) is 2. The number of esters is 1. The van der Waals surface area contributed by atoms with E-state index in [0.29, 0.717) is 18.7 Å². The maximum atomic E-state index is 12.1. The van der Waals surface area contributed by atoms with E-state index in [4.69, 9.17) is 14.0 Å². The molecule has 20 heavy (non-hydrogen) atoms. The highest BCUT2D eigenvalue weighted by molar-refractivity contribution is 5.85. The molecule has 2 rings (SSSR count). The molecule has 7 heteroatoms. The molecule has 0 saturated carbocycles. The monoisotopic (exact) mass is 282 g/mol. The summed E-state index contributed by atoms with van der Waals surface area (Å²) < 4.78 is 14.8. The molecule has 1 saturated heterocycles. The highest BCUT2D eigenvalue weighted by Crippen LogP contribution is 2.18. The van der Waals surface area contributed by atoms with Gasteiger partial charge in [-0.15, -0.1) is 0 Å². The molecule has 0 N–H and O–H groups in total. The number of nitrogens with zero attached hydrogens (tertiary/aromatic N) is 2. The number of carbonyl (C=O) groups excluding carboxylic acids is 2. The first-order valence-corrected chi connectivity index (χ1v) is 6.55. The lowest BCUT2D eigenvalue weighted by Gasteiger charge is -2.33. The van der Waals surface area contributed by atoms with Gasteiger partial charge in [0.25, 0.3) is 11.8 Å². The molecule has 0 radical (unpaired) electrons. The van der Waals surface area contributed by atoms with Gasteiger partial charge in [-0.05, 0) is 31.3 Å². The lowest BCUT2D eigenvalue weighted by molar-refractivity contribution is -0.155. The van der Waals surface area contributed by atoms with Crippen LogP contribution in [0.25, 0.3) is 0 Å². The maximum absolute atomic E-state index is 12.1. The van der Waals surface area contributed by atoms with Crippen LogP contribution in [0.5, 0.6) is 5.88 Å². The number of amides is 1. The number of likely N-dealkylation sites (tertiary alicyclic amines) is 1. The molecule has 1 aliphatic heterocycles. The molecule has 0 bridgehead atoms. The van der Waals surface area contributed by atoms with E-state index in [-0.39, 0.29) is 24.4 Å². The van der Waals surface area contributed by atoms with Crippen molar-refractivity contribution in [1.29, 1.82) is 0 Å². The molecule has 1 amide bonds. The van der Waals surface area contributed by atoms with Gasteiger partial charge < -0.3 is 18.9 Å². The minimum Gasteiger partial charge on any atom is -0.467 e. The van der Waals surface area contributed by atoms with Crippen LogP contribution in [0.4, 0.5) is 0 Å². The summed E-state index contributed by atoms with van der Waals surface area (Å²) in [4.78, 5) is 25.3. The summed E-state index contributed by atoms with van der Waals surface area (Å²) in [5.41, 5.74) is 0. The molecule has 0 aromatic carbocycles. The number of hydrogen-bond acceptors (Lipinski definition) is 6. The fourth-order valence-corrected chi connectivity index (χ4v) is 2.24. The Kier molecular flexibility index (Phi) is 4.60. The van der Waals surface area contributed by atoms with E-state index in [2.05, 4.69) is 5.16 Å². The second kappa shape index (κ2) is 6.40. The van der Waals surface area contributed by atoms with Crippen molar-refractivity contribution in [2.75, 3.05) is 20.3 Å². The number of aryl methyl sites for hydroxylation is 1. The van der Waals surface area contributed by atoms with Crippen LogP contribution >= 0.6 is 0 Å². The van der Waals surface area contributed by atoms with Gasteiger partial charge in [-0.2, -0.15) is 0 Å². The third-order valence-corrected chi connectivity index (χ3v) is 3.25. The van der Waals surface area contributed by atoms with Crippen LogP contribution in [-0.2, 0) is 14.3 Å². The standard InChI is InChI=1S/C13H18N2O5/c1-9-7-11(14-20-9)19-8-12(16)15-6-4-3-5-10(15)13(17)18-2/h7,10H,3-6,8H2,1-2H3/t10-/m1/s1. The van der Waals surface area contributed by atoms with Crippen molar-refractivity contribution in [1.82, 2.24) is 10.1 Å². The Hall–Kier alpha value is -2.05. The summed E-state index contributed by atoms with van der Waals surface area (Å²) >= 11 is 0. The number of rotatable bonds is 4. The highest BCUT2D eigenvalue weighted by Gasteiger charge is 2.32. The molecule has 1 aromatic heterocycles. The van der Waals surface area contributed by atoms with Gasteiger partial charge in [0, 0.05) is 12.6 Å².